The number of fused-ring (bicyclic) bond motifs is 4. The smallest absolute Gasteiger partial charge is 0.482 e. The first-order valence-electron chi connectivity index (χ1n) is 9.37. The minimum atomic E-state index is -1.76. The van der Waals surface area contributed by atoms with E-state index in [0.717, 1.165) is 0 Å². The highest BCUT2D eigenvalue weighted by molar-refractivity contribution is 14.1. The van der Waals surface area contributed by atoms with Crippen LogP contribution in [0.3, 0.4) is 0 Å². The first-order chi connectivity index (χ1) is 12.9. The van der Waals surface area contributed by atoms with Gasteiger partial charge in [0.05, 0.1) is 5.57 Å². The summed E-state index contributed by atoms with van der Waals surface area (Å²) in [4.78, 5) is 0. The van der Waals surface area contributed by atoms with Gasteiger partial charge in [0.1, 0.15) is 5.71 Å². The van der Waals surface area contributed by atoms with Gasteiger partial charge in [-0.2, -0.15) is 0 Å². The highest BCUT2D eigenvalue weighted by Gasteiger charge is 2.58. The zero-order chi connectivity index (χ0) is 18.9. The molecule has 6 heteroatoms. The predicted octanol–water partition coefficient (Wildman–Crippen LogP) is 4.25. The summed E-state index contributed by atoms with van der Waals surface area (Å²) >= 11 is 2.36. The summed E-state index contributed by atoms with van der Waals surface area (Å²) in [5.74, 6) is 0. The fourth-order valence-corrected chi connectivity index (χ4v) is 5.34. The van der Waals surface area contributed by atoms with Gasteiger partial charge in [0.25, 0.3) is 0 Å². The van der Waals surface area contributed by atoms with Crippen LogP contribution in [-0.4, -0.2) is 34.7 Å². The van der Waals surface area contributed by atoms with E-state index in [-0.39, 0.29) is 0 Å². The van der Waals surface area contributed by atoms with Crippen molar-refractivity contribution in [2.24, 2.45) is 0 Å². The molecule has 0 aliphatic carbocycles. The lowest BCUT2D eigenvalue weighted by Crippen LogP contribution is -2.60. The molecular formula is C21H22BIN2O2. The Balaban J connectivity index is 1.92. The average Bonchev–Trinajstić information content (AvgIpc) is 3.29. The van der Waals surface area contributed by atoms with E-state index in [1.165, 1.54) is 48.6 Å². The van der Waals surface area contributed by atoms with Gasteiger partial charge in [-0.15, -0.1) is 0 Å². The lowest BCUT2D eigenvalue weighted by atomic mass is 9.78. The molecule has 0 atom stereocenters. The zero-order valence-corrected chi connectivity index (χ0v) is 18.2. The summed E-state index contributed by atoms with van der Waals surface area (Å²) in [7, 11) is 0. The maximum absolute atomic E-state index is 6.38. The largest absolute Gasteiger partial charge is 0.666 e. The molecule has 138 valence electrons. The van der Waals surface area contributed by atoms with Gasteiger partial charge in [-0.25, -0.2) is 0 Å². The van der Waals surface area contributed by atoms with Crippen LogP contribution in [0.25, 0.3) is 5.57 Å². The zero-order valence-electron chi connectivity index (χ0n) is 16.0. The molecule has 2 aromatic rings. The quantitative estimate of drug-likeness (QED) is 0.459. The van der Waals surface area contributed by atoms with Crippen LogP contribution < -0.4 is 0 Å². The molecule has 3 aliphatic rings. The van der Waals surface area contributed by atoms with Crippen molar-refractivity contribution in [2.45, 2.75) is 27.7 Å². The normalized spacial score (nSPS) is 20.4. The molecule has 1 fully saturated rings. The third-order valence-corrected chi connectivity index (χ3v) is 6.57. The average molecular weight is 472 g/mol. The van der Waals surface area contributed by atoms with Crippen molar-refractivity contribution in [2.75, 3.05) is 13.2 Å². The Morgan fingerprint density at radius 1 is 1.04 bits per heavy atom. The van der Waals surface area contributed by atoms with Crippen molar-refractivity contribution in [3.8, 4) is 0 Å². The number of aryl methyl sites for hydroxylation is 2. The van der Waals surface area contributed by atoms with E-state index >= 15 is 0 Å². The summed E-state index contributed by atoms with van der Waals surface area (Å²) in [6.45, 7) is 8.14. The molecule has 5 rings (SSSR count). The van der Waals surface area contributed by atoms with Crippen LogP contribution in [0.15, 0.2) is 47.7 Å². The van der Waals surface area contributed by atoms with Crippen LogP contribution in [-0.2, 0) is 9.31 Å². The summed E-state index contributed by atoms with van der Waals surface area (Å²) in [5.41, 5.74) is 9.76. The Bertz CT molecular complexity index is 1070. The fourth-order valence-electron chi connectivity index (χ4n) is 4.98. The minimum Gasteiger partial charge on any atom is -0.482 e. The maximum Gasteiger partial charge on any atom is 0.666 e. The van der Waals surface area contributed by atoms with Crippen molar-refractivity contribution >= 4 is 40.7 Å². The van der Waals surface area contributed by atoms with Gasteiger partial charge in [0, 0.05) is 41.1 Å². The van der Waals surface area contributed by atoms with Crippen LogP contribution in [0, 0.1) is 17.4 Å². The first-order valence-corrected chi connectivity index (χ1v) is 10.5. The van der Waals surface area contributed by atoms with Gasteiger partial charge in [-0.05, 0) is 78.4 Å². The number of nitrogens with zero attached hydrogens (tertiary/aromatic N) is 2. The monoisotopic (exact) mass is 472 g/mol. The Hall–Kier alpha value is -1.64. The Kier molecular flexibility index (Phi) is 3.83. The van der Waals surface area contributed by atoms with E-state index in [2.05, 4.69) is 95.7 Å². The lowest BCUT2D eigenvalue weighted by molar-refractivity contribution is -0.377. The summed E-state index contributed by atoms with van der Waals surface area (Å²) in [6, 6.07) is 11.0. The molecule has 4 heterocycles. The third-order valence-electron chi connectivity index (χ3n) is 5.85. The summed E-state index contributed by atoms with van der Waals surface area (Å²) < 4.78 is 18.6. The molecule has 0 N–H and O–H groups in total. The molecule has 4 nitrogen and oxygen atoms in total. The highest BCUT2D eigenvalue weighted by atomic mass is 127. The van der Waals surface area contributed by atoms with Crippen molar-refractivity contribution in [3.63, 3.8) is 0 Å². The molecule has 0 radical (unpaired) electrons. The number of benzene rings is 1. The van der Waals surface area contributed by atoms with Gasteiger partial charge >= 0.3 is 6.82 Å². The third kappa shape index (κ3) is 2.26. The van der Waals surface area contributed by atoms with Crippen LogP contribution in [0.1, 0.15) is 36.4 Å². The molecule has 1 saturated heterocycles. The predicted molar refractivity (Wildman–Crippen MR) is 117 cm³/mol. The summed E-state index contributed by atoms with van der Waals surface area (Å²) in [5, 5.41) is 0. The molecule has 1 aromatic heterocycles. The van der Waals surface area contributed by atoms with E-state index in [9.17, 15) is 0 Å². The second-order valence-electron chi connectivity index (χ2n) is 7.63. The Morgan fingerprint density at radius 3 is 2.37 bits per heavy atom. The van der Waals surface area contributed by atoms with Gasteiger partial charge in [0.2, 0.25) is 0 Å². The SMILES string of the molecule is CC1=CC(C)=[N+]2C1=C(c1ccc(I)cc1)c1c(C)cc(C)n1[B-]21OCCO1. The van der Waals surface area contributed by atoms with E-state index in [4.69, 9.17) is 9.31 Å². The number of allylic oxidation sites excluding steroid dienone is 2. The lowest BCUT2D eigenvalue weighted by Gasteiger charge is -2.39. The molecule has 0 bridgehead atoms. The van der Waals surface area contributed by atoms with Crippen LogP contribution in [0.5, 0.6) is 0 Å². The van der Waals surface area contributed by atoms with Gasteiger partial charge < -0.3 is 18.3 Å². The standard InChI is InChI=1S/C21H22BIN2O2/c1-13-11-15(3)24-20(13)19(17-5-7-18(23)8-6-17)21-14(2)12-16(4)25(21)22(24)26-9-10-27-22/h5-8,11-12H,9-10H2,1-4H3. The number of rotatable bonds is 1. The molecular weight excluding hydrogens is 450 g/mol. The Labute approximate surface area is 173 Å². The molecule has 0 amide bonds. The maximum atomic E-state index is 6.38. The highest BCUT2D eigenvalue weighted by Crippen LogP contribution is 2.44. The van der Waals surface area contributed by atoms with Crippen LogP contribution in [0.4, 0.5) is 0 Å². The van der Waals surface area contributed by atoms with Gasteiger partial charge in [-0.3, -0.25) is 0 Å². The fraction of sp³-hybridized carbons (Fsp3) is 0.286. The summed E-state index contributed by atoms with van der Waals surface area (Å²) in [6.07, 6.45) is 2.24. The molecule has 0 saturated carbocycles. The molecule has 3 aliphatic heterocycles. The Morgan fingerprint density at radius 2 is 1.70 bits per heavy atom. The van der Waals surface area contributed by atoms with Crippen LogP contribution >= 0.6 is 22.6 Å². The van der Waals surface area contributed by atoms with Crippen molar-refractivity contribution < 1.29 is 13.8 Å². The van der Waals surface area contributed by atoms with Gasteiger partial charge in [0.15, 0.2) is 5.70 Å². The molecule has 0 unspecified atom stereocenters. The topological polar surface area (TPSA) is 26.4 Å². The second-order valence-corrected chi connectivity index (χ2v) is 8.88. The van der Waals surface area contributed by atoms with Gasteiger partial charge in [-0.1, -0.05) is 12.1 Å². The number of hydrogen-bond acceptors (Lipinski definition) is 2. The number of hydrogen-bond donors (Lipinski definition) is 0. The van der Waals surface area contributed by atoms with Crippen molar-refractivity contribution in [3.05, 3.63) is 73.8 Å². The first kappa shape index (κ1) is 17.5. The molecule has 1 aromatic carbocycles. The van der Waals surface area contributed by atoms with Crippen LogP contribution in [0.2, 0.25) is 0 Å². The van der Waals surface area contributed by atoms with Crippen molar-refractivity contribution in [1.82, 2.24) is 4.48 Å². The molecule has 1 spiro atoms. The van der Waals surface area contributed by atoms with E-state index in [1.54, 1.807) is 0 Å². The number of halogens is 1. The van der Waals surface area contributed by atoms with E-state index in [0.29, 0.717) is 13.2 Å². The minimum absolute atomic E-state index is 0.616. The van der Waals surface area contributed by atoms with Crippen molar-refractivity contribution in [1.29, 1.82) is 0 Å². The second kappa shape index (κ2) is 5.93. The molecule has 27 heavy (non-hydrogen) atoms. The van der Waals surface area contributed by atoms with E-state index < -0.39 is 6.82 Å². The number of aromatic nitrogens is 1. The van der Waals surface area contributed by atoms with E-state index in [1.807, 2.05) is 0 Å².